The highest BCUT2D eigenvalue weighted by Gasteiger charge is 2.10. The van der Waals surface area contributed by atoms with Gasteiger partial charge in [-0.3, -0.25) is 5.10 Å². The molecule has 23 heavy (non-hydrogen) atoms. The van der Waals surface area contributed by atoms with Gasteiger partial charge in [-0.05, 0) is 29.1 Å². The van der Waals surface area contributed by atoms with Crippen molar-refractivity contribution < 1.29 is 4.74 Å². The van der Waals surface area contributed by atoms with E-state index in [0.29, 0.717) is 4.77 Å². The number of nitrogens with zero attached hydrogens (tertiary/aromatic N) is 3. The molecule has 0 amide bonds. The SMILES string of the molecule is COc1ccc2ccccc2c1C=Nn1c(C(C)C)n[nH]c1=S. The molecule has 0 spiro atoms. The Morgan fingerprint density at radius 3 is 2.78 bits per heavy atom. The van der Waals surface area contributed by atoms with Crippen molar-refractivity contribution in [3.8, 4) is 5.75 Å². The van der Waals surface area contributed by atoms with Crippen LogP contribution in [-0.4, -0.2) is 28.2 Å². The first-order valence-corrected chi connectivity index (χ1v) is 7.80. The molecule has 0 radical (unpaired) electrons. The molecular formula is C17H18N4OS. The van der Waals surface area contributed by atoms with Gasteiger partial charge in [0, 0.05) is 11.5 Å². The van der Waals surface area contributed by atoms with Crippen LogP contribution in [0, 0.1) is 4.77 Å². The van der Waals surface area contributed by atoms with E-state index < -0.39 is 0 Å². The summed E-state index contributed by atoms with van der Waals surface area (Å²) >= 11 is 5.26. The zero-order valence-electron chi connectivity index (χ0n) is 13.3. The maximum Gasteiger partial charge on any atom is 0.216 e. The van der Waals surface area contributed by atoms with Crippen molar-refractivity contribution in [2.75, 3.05) is 7.11 Å². The molecule has 0 aliphatic rings. The molecular weight excluding hydrogens is 308 g/mol. The maximum absolute atomic E-state index is 5.48. The summed E-state index contributed by atoms with van der Waals surface area (Å²) in [5.41, 5.74) is 0.920. The predicted molar refractivity (Wildman–Crippen MR) is 95.0 cm³/mol. The van der Waals surface area contributed by atoms with Crippen LogP contribution in [0.4, 0.5) is 0 Å². The van der Waals surface area contributed by atoms with E-state index in [4.69, 9.17) is 17.0 Å². The van der Waals surface area contributed by atoms with E-state index in [-0.39, 0.29) is 5.92 Å². The molecule has 1 aromatic heterocycles. The Morgan fingerprint density at radius 1 is 1.26 bits per heavy atom. The molecule has 118 valence electrons. The minimum absolute atomic E-state index is 0.217. The van der Waals surface area contributed by atoms with E-state index in [9.17, 15) is 0 Å². The first-order chi connectivity index (χ1) is 11.1. The van der Waals surface area contributed by atoms with Gasteiger partial charge in [0.1, 0.15) is 5.75 Å². The quantitative estimate of drug-likeness (QED) is 0.580. The number of fused-ring (bicyclic) bond motifs is 1. The minimum Gasteiger partial charge on any atom is -0.496 e. The second-order valence-corrected chi connectivity index (χ2v) is 5.89. The lowest BCUT2D eigenvalue weighted by Gasteiger charge is -2.09. The molecule has 0 aliphatic heterocycles. The zero-order chi connectivity index (χ0) is 16.4. The first kappa shape index (κ1) is 15.4. The smallest absolute Gasteiger partial charge is 0.216 e. The van der Waals surface area contributed by atoms with Crippen LogP contribution >= 0.6 is 12.2 Å². The van der Waals surface area contributed by atoms with Crippen molar-refractivity contribution in [3.05, 3.63) is 52.6 Å². The number of hydrogen-bond donors (Lipinski definition) is 1. The Balaban J connectivity index is 2.15. The van der Waals surface area contributed by atoms with Crippen LogP contribution < -0.4 is 4.74 Å². The van der Waals surface area contributed by atoms with Crippen LogP contribution in [-0.2, 0) is 0 Å². The fourth-order valence-electron chi connectivity index (χ4n) is 2.49. The fraction of sp³-hybridized carbons (Fsp3) is 0.235. The van der Waals surface area contributed by atoms with Crippen molar-refractivity contribution in [2.24, 2.45) is 5.10 Å². The van der Waals surface area contributed by atoms with Gasteiger partial charge in [-0.2, -0.15) is 14.9 Å². The van der Waals surface area contributed by atoms with Crippen molar-refractivity contribution in [2.45, 2.75) is 19.8 Å². The summed E-state index contributed by atoms with van der Waals surface area (Å²) in [5.74, 6) is 1.79. The predicted octanol–water partition coefficient (Wildman–Crippen LogP) is 4.11. The fourth-order valence-corrected chi connectivity index (χ4v) is 2.68. The standard InChI is InChI=1S/C17H18N4OS/c1-11(2)16-19-20-17(23)21(16)18-10-14-13-7-5-4-6-12(13)8-9-15(14)22-3/h4-11H,1-3H3,(H,20,23). The van der Waals surface area contributed by atoms with Crippen molar-refractivity contribution >= 4 is 29.2 Å². The summed E-state index contributed by atoms with van der Waals surface area (Å²) < 4.78 is 7.61. The van der Waals surface area contributed by atoms with E-state index in [2.05, 4.69) is 41.3 Å². The molecule has 2 aromatic carbocycles. The molecule has 1 heterocycles. The number of aromatic amines is 1. The summed E-state index contributed by atoms with van der Waals surface area (Å²) in [4.78, 5) is 0. The Kier molecular flexibility index (Phi) is 4.25. The number of hydrogen-bond acceptors (Lipinski definition) is 4. The van der Waals surface area contributed by atoms with Crippen molar-refractivity contribution in [1.29, 1.82) is 0 Å². The molecule has 0 saturated carbocycles. The highest BCUT2D eigenvalue weighted by molar-refractivity contribution is 7.71. The van der Waals surface area contributed by atoms with Gasteiger partial charge >= 0.3 is 0 Å². The maximum atomic E-state index is 5.48. The largest absolute Gasteiger partial charge is 0.496 e. The van der Waals surface area contributed by atoms with Gasteiger partial charge in [0.25, 0.3) is 0 Å². The molecule has 6 heteroatoms. The summed E-state index contributed by atoms with van der Waals surface area (Å²) in [5, 5.41) is 13.8. The van der Waals surface area contributed by atoms with Gasteiger partial charge in [0.2, 0.25) is 4.77 Å². The molecule has 0 atom stereocenters. The first-order valence-electron chi connectivity index (χ1n) is 7.39. The van der Waals surface area contributed by atoms with Crippen LogP contribution in [0.1, 0.15) is 31.2 Å². The van der Waals surface area contributed by atoms with E-state index in [1.807, 2.05) is 24.3 Å². The normalized spacial score (nSPS) is 11.7. The molecule has 0 bridgehead atoms. The molecule has 3 aromatic rings. The molecule has 3 rings (SSSR count). The third kappa shape index (κ3) is 2.90. The average molecular weight is 326 g/mol. The minimum atomic E-state index is 0.217. The topological polar surface area (TPSA) is 55.2 Å². The number of methoxy groups -OCH3 is 1. The number of benzene rings is 2. The van der Waals surface area contributed by atoms with E-state index >= 15 is 0 Å². The summed E-state index contributed by atoms with van der Waals surface area (Å²) in [6, 6.07) is 12.1. The van der Waals surface area contributed by atoms with Crippen LogP contribution in [0.5, 0.6) is 5.75 Å². The lowest BCUT2D eigenvalue weighted by atomic mass is 10.0. The van der Waals surface area contributed by atoms with Gasteiger partial charge in [-0.1, -0.05) is 44.2 Å². The number of ether oxygens (including phenoxy) is 1. The molecule has 0 saturated heterocycles. The van der Waals surface area contributed by atoms with Crippen molar-refractivity contribution in [1.82, 2.24) is 14.9 Å². The highest BCUT2D eigenvalue weighted by atomic mass is 32.1. The summed E-state index contributed by atoms with van der Waals surface area (Å²) in [6.07, 6.45) is 1.78. The number of rotatable bonds is 4. The second kappa shape index (κ2) is 6.34. The Hall–Kier alpha value is -2.47. The van der Waals surface area contributed by atoms with Gasteiger partial charge < -0.3 is 4.74 Å². The van der Waals surface area contributed by atoms with Gasteiger partial charge in [0.15, 0.2) is 5.82 Å². The van der Waals surface area contributed by atoms with E-state index in [1.165, 1.54) is 0 Å². The second-order valence-electron chi connectivity index (χ2n) is 5.50. The average Bonchev–Trinajstić information content (AvgIpc) is 2.93. The van der Waals surface area contributed by atoms with Crippen LogP contribution in [0.2, 0.25) is 0 Å². The molecule has 0 fully saturated rings. The lowest BCUT2D eigenvalue weighted by molar-refractivity contribution is 0.415. The van der Waals surface area contributed by atoms with Gasteiger partial charge in [-0.15, -0.1) is 0 Å². The number of aromatic nitrogens is 3. The summed E-state index contributed by atoms with van der Waals surface area (Å²) in [7, 11) is 1.66. The highest BCUT2D eigenvalue weighted by Crippen LogP contribution is 2.26. The van der Waals surface area contributed by atoms with Gasteiger partial charge in [0.05, 0.1) is 13.3 Å². The van der Waals surface area contributed by atoms with Crippen molar-refractivity contribution in [3.63, 3.8) is 0 Å². The van der Waals surface area contributed by atoms with Gasteiger partial charge in [-0.25, -0.2) is 0 Å². The van der Waals surface area contributed by atoms with E-state index in [1.54, 1.807) is 18.0 Å². The lowest BCUT2D eigenvalue weighted by Crippen LogP contribution is -2.01. The number of nitrogens with one attached hydrogen (secondary N) is 1. The van der Waals surface area contributed by atoms with Crippen LogP contribution in [0.25, 0.3) is 10.8 Å². The van der Waals surface area contributed by atoms with E-state index in [0.717, 1.165) is 27.9 Å². The zero-order valence-corrected chi connectivity index (χ0v) is 14.1. The Labute approximate surface area is 139 Å². The third-order valence-corrected chi connectivity index (χ3v) is 3.91. The Bertz CT molecular complexity index is 924. The number of H-pyrrole nitrogens is 1. The van der Waals surface area contributed by atoms with Crippen LogP contribution in [0.15, 0.2) is 41.5 Å². The Morgan fingerprint density at radius 2 is 2.04 bits per heavy atom. The molecule has 1 N–H and O–H groups in total. The summed E-state index contributed by atoms with van der Waals surface area (Å²) in [6.45, 7) is 4.10. The molecule has 0 aliphatic carbocycles. The third-order valence-electron chi connectivity index (χ3n) is 3.64. The monoisotopic (exact) mass is 326 g/mol. The molecule has 0 unspecified atom stereocenters. The van der Waals surface area contributed by atoms with Crippen LogP contribution in [0.3, 0.4) is 0 Å². The molecule has 5 nitrogen and oxygen atoms in total.